The zero-order chi connectivity index (χ0) is 16.4. The molecule has 1 fully saturated rings. The molecule has 0 atom stereocenters. The molecule has 130 valence electrons. The predicted molar refractivity (Wildman–Crippen MR) is 101 cm³/mol. The van der Waals surface area contributed by atoms with Gasteiger partial charge in [0.05, 0.1) is 5.54 Å². The van der Waals surface area contributed by atoms with Crippen LogP contribution < -0.4 is 5.73 Å². The number of hydrogen-bond acceptors (Lipinski definition) is 4. The Hall–Kier alpha value is -2.17. The van der Waals surface area contributed by atoms with Gasteiger partial charge in [-0.15, -0.1) is 12.4 Å². The first-order valence-electron chi connectivity index (χ1n) is 8.50. The van der Waals surface area contributed by atoms with Crippen molar-refractivity contribution >= 4 is 12.4 Å². The van der Waals surface area contributed by atoms with E-state index < -0.39 is 0 Å². The van der Waals surface area contributed by atoms with Crippen LogP contribution in [0.3, 0.4) is 0 Å². The standard InChI is InChI=1S/C20H21N3O.ClH/c21-20(13-6-14-20)19-22-18(24-23-19)17-10-5-4-9-16(17)12-11-15-7-2-1-3-8-15;/h1-5,7-10H,6,11-14,21H2;1H. The van der Waals surface area contributed by atoms with Crippen molar-refractivity contribution in [1.29, 1.82) is 0 Å². The van der Waals surface area contributed by atoms with E-state index in [1.165, 1.54) is 11.1 Å². The molecule has 0 aliphatic heterocycles. The van der Waals surface area contributed by atoms with Gasteiger partial charge in [0.1, 0.15) is 0 Å². The Labute approximate surface area is 153 Å². The lowest BCUT2D eigenvalue weighted by Gasteiger charge is -2.34. The third-order valence-corrected chi connectivity index (χ3v) is 4.89. The van der Waals surface area contributed by atoms with Crippen molar-refractivity contribution in [2.75, 3.05) is 0 Å². The topological polar surface area (TPSA) is 64.9 Å². The molecule has 4 rings (SSSR count). The first kappa shape index (κ1) is 17.6. The van der Waals surface area contributed by atoms with E-state index in [9.17, 15) is 0 Å². The highest BCUT2D eigenvalue weighted by molar-refractivity contribution is 5.85. The van der Waals surface area contributed by atoms with Crippen LogP contribution in [0.4, 0.5) is 0 Å². The molecule has 1 aliphatic carbocycles. The van der Waals surface area contributed by atoms with Gasteiger partial charge < -0.3 is 10.3 Å². The molecule has 1 heterocycles. The predicted octanol–water partition coefficient (Wildman–Crippen LogP) is 4.28. The number of nitrogens with two attached hydrogens (primary N) is 1. The molecule has 2 N–H and O–H groups in total. The van der Waals surface area contributed by atoms with Crippen molar-refractivity contribution in [3.63, 3.8) is 0 Å². The fraction of sp³-hybridized carbons (Fsp3) is 0.300. The Morgan fingerprint density at radius 1 is 0.960 bits per heavy atom. The van der Waals surface area contributed by atoms with Gasteiger partial charge in [0.2, 0.25) is 0 Å². The minimum Gasteiger partial charge on any atom is -0.334 e. The fourth-order valence-electron chi connectivity index (χ4n) is 3.19. The normalized spacial score (nSPS) is 15.2. The Morgan fingerprint density at radius 2 is 1.68 bits per heavy atom. The Bertz CT molecular complexity index is 828. The van der Waals surface area contributed by atoms with E-state index >= 15 is 0 Å². The van der Waals surface area contributed by atoms with E-state index in [-0.39, 0.29) is 17.9 Å². The van der Waals surface area contributed by atoms with Crippen molar-refractivity contribution in [2.24, 2.45) is 5.73 Å². The van der Waals surface area contributed by atoms with Crippen LogP contribution in [0, 0.1) is 0 Å². The Morgan fingerprint density at radius 3 is 2.40 bits per heavy atom. The fourth-order valence-corrected chi connectivity index (χ4v) is 3.19. The van der Waals surface area contributed by atoms with E-state index in [4.69, 9.17) is 10.3 Å². The molecule has 1 saturated carbocycles. The molecule has 3 aromatic rings. The smallest absolute Gasteiger partial charge is 0.258 e. The number of hydrogen-bond donors (Lipinski definition) is 1. The maximum atomic E-state index is 6.30. The number of aryl methyl sites for hydroxylation is 2. The number of aromatic nitrogens is 2. The number of halogens is 1. The summed E-state index contributed by atoms with van der Waals surface area (Å²) in [5.74, 6) is 1.21. The lowest BCUT2D eigenvalue weighted by molar-refractivity contribution is 0.229. The van der Waals surface area contributed by atoms with Gasteiger partial charge in [-0.05, 0) is 49.3 Å². The maximum absolute atomic E-state index is 6.30. The molecule has 1 aliphatic rings. The van der Waals surface area contributed by atoms with Gasteiger partial charge in [-0.1, -0.05) is 53.7 Å². The largest absolute Gasteiger partial charge is 0.334 e. The maximum Gasteiger partial charge on any atom is 0.258 e. The minimum atomic E-state index is -0.388. The molecule has 0 amide bonds. The molecule has 2 aromatic carbocycles. The van der Waals surface area contributed by atoms with Crippen molar-refractivity contribution in [1.82, 2.24) is 10.1 Å². The highest BCUT2D eigenvalue weighted by Gasteiger charge is 2.39. The van der Waals surface area contributed by atoms with Gasteiger partial charge in [-0.3, -0.25) is 0 Å². The van der Waals surface area contributed by atoms with Crippen LogP contribution in [0.2, 0.25) is 0 Å². The van der Waals surface area contributed by atoms with Crippen LogP contribution >= 0.6 is 12.4 Å². The summed E-state index contributed by atoms with van der Waals surface area (Å²) in [6.45, 7) is 0. The number of benzene rings is 2. The quantitative estimate of drug-likeness (QED) is 0.741. The van der Waals surface area contributed by atoms with Crippen LogP contribution in [0.5, 0.6) is 0 Å². The molecule has 0 bridgehead atoms. The van der Waals surface area contributed by atoms with E-state index in [0.717, 1.165) is 37.7 Å². The zero-order valence-electron chi connectivity index (χ0n) is 14.0. The second-order valence-electron chi connectivity index (χ2n) is 6.58. The van der Waals surface area contributed by atoms with E-state index in [2.05, 4.69) is 46.5 Å². The molecular weight excluding hydrogens is 334 g/mol. The third kappa shape index (κ3) is 3.60. The molecule has 0 unspecified atom stereocenters. The molecule has 0 radical (unpaired) electrons. The van der Waals surface area contributed by atoms with Crippen molar-refractivity contribution in [2.45, 2.75) is 37.6 Å². The Kier molecular flexibility index (Phi) is 5.21. The Balaban J connectivity index is 0.00000182. The molecule has 0 saturated heterocycles. The average Bonchev–Trinajstić information content (AvgIpc) is 3.09. The zero-order valence-corrected chi connectivity index (χ0v) is 14.8. The van der Waals surface area contributed by atoms with Crippen LogP contribution in [0.25, 0.3) is 11.5 Å². The first-order chi connectivity index (χ1) is 11.7. The van der Waals surface area contributed by atoms with Gasteiger partial charge >= 0.3 is 0 Å². The highest BCUT2D eigenvalue weighted by Crippen LogP contribution is 2.38. The molecule has 1 aromatic heterocycles. The van der Waals surface area contributed by atoms with Gasteiger partial charge in [-0.2, -0.15) is 4.98 Å². The van der Waals surface area contributed by atoms with Crippen molar-refractivity contribution in [3.8, 4) is 11.5 Å². The lowest BCUT2D eigenvalue weighted by Crippen LogP contribution is -2.44. The third-order valence-electron chi connectivity index (χ3n) is 4.89. The van der Waals surface area contributed by atoms with E-state index in [0.29, 0.717) is 11.7 Å². The van der Waals surface area contributed by atoms with Crippen molar-refractivity contribution in [3.05, 3.63) is 71.5 Å². The molecule has 4 nitrogen and oxygen atoms in total. The van der Waals surface area contributed by atoms with Crippen molar-refractivity contribution < 1.29 is 4.52 Å². The van der Waals surface area contributed by atoms with Gasteiger partial charge in [0.15, 0.2) is 5.82 Å². The molecule has 0 spiro atoms. The summed E-state index contributed by atoms with van der Waals surface area (Å²) in [6.07, 6.45) is 4.92. The highest BCUT2D eigenvalue weighted by atomic mass is 35.5. The van der Waals surface area contributed by atoms with Crippen LogP contribution in [0.15, 0.2) is 59.1 Å². The summed E-state index contributed by atoms with van der Waals surface area (Å²) >= 11 is 0. The summed E-state index contributed by atoms with van der Waals surface area (Å²) in [7, 11) is 0. The second kappa shape index (κ2) is 7.38. The first-order valence-corrected chi connectivity index (χ1v) is 8.50. The van der Waals surface area contributed by atoms with Gasteiger partial charge in [0.25, 0.3) is 5.89 Å². The van der Waals surface area contributed by atoms with E-state index in [1.54, 1.807) is 0 Å². The molecule has 5 heteroatoms. The summed E-state index contributed by atoms with van der Waals surface area (Å²) in [5.41, 5.74) is 9.47. The van der Waals surface area contributed by atoms with Gasteiger partial charge in [-0.25, -0.2) is 0 Å². The molecular formula is C20H22ClN3O. The number of nitrogens with zero attached hydrogens (tertiary/aromatic N) is 2. The van der Waals surface area contributed by atoms with Crippen LogP contribution in [-0.2, 0) is 18.4 Å². The summed E-state index contributed by atoms with van der Waals surface area (Å²) in [5, 5.41) is 4.13. The van der Waals surface area contributed by atoms with Crippen LogP contribution in [-0.4, -0.2) is 10.1 Å². The lowest BCUT2D eigenvalue weighted by atomic mass is 9.77. The van der Waals surface area contributed by atoms with Crippen LogP contribution in [0.1, 0.15) is 36.2 Å². The summed E-state index contributed by atoms with van der Waals surface area (Å²) in [4.78, 5) is 4.59. The molecule has 25 heavy (non-hydrogen) atoms. The minimum absolute atomic E-state index is 0. The second-order valence-corrected chi connectivity index (χ2v) is 6.58. The van der Waals surface area contributed by atoms with Gasteiger partial charge in [0, 0.05) is 5.56 Å². The van der Waals surface area contributed by atoms with E-state index in [1.807, 2.05) is 18.2 Å². The SMILES string of the molecule is Cl.NC1(c2noc(-c3ccccc3CCc3ccccc3)n2)CCC1. The summed E-state index contributed by atoms with van der Waals surface area (Å²) in [6, 6.07) is 18.7. The monoisotopic (exact) mass is 355 g/mol. The summed E-state index contributed by atoms with van der Waals surface area (Å²) < 4.78 is 5.52. The number of rotatable bonds is 5. The average molecular weight is 356 g/mol.